The molecule has 31 heavy (non-hydrogen) atoms. The summed E-state index contributed by atoms with van der Waals surface area (Å²) in [5, 5.41) is 19.0. The molecule has 0 radical (unpaired) electrons. The molecular weight excluding hydrogens is 438 g/mol. The molecule has 7 nitrogen and oxygen atoms in total. The van der Waals surface area contributed by atoms with E-state index in [2.05, 4.69) is 0 Å². The second-order valence-electron chi connectivity index (χ2n) is 6.69. The number of carboxylic acids is 1. The van der Waals surface area contributed by atoms with Crippen molar-refractivity contribution < 1.29 is 29.3 Å². The highest BCUT2D eigenvalue weighted by atomic mass is 32.2. The number of hydrogen-bond acceptors (Lipinski definition) is 7. The number of aromatic carboxylic acids is 1. The Morgan fingerprint density at radius 2 is 1.97 bits per heavy atom. The maximum absolute atomic E-state index is 13.0. The molecular formula is C22H19NO6S2. The standard InChI is InChI=1S/C22H19NO6S2/c1-3-17(12(2)24)29-18-7-5-4-6-13(18)10-19-20(26)23(22(30)31-19)14-8-9-15(21(27)28)16(25)11-14/h4-11,17,25H,3H2,1-2H3,(H,27,28)/b19-10-. The number of hydrogen-bond donors (Lipinski definition) is 2. The van der Waals surface area contributed by atoms with Crippen LogP contribution in [-0.4, -0.2) is 38.3 Å². The van der Waals surface area contributed by atoms with E-state index < -0.39 is 23.7 Å². The van der Waals surface area contributed by atoms with Crippen molar-refractivity contribution in [2.45, 2.75) is 26.4 Å². The van der Waals surface area contributed by atoms with Crippen LogP contribution in [0.25, 0.3) is 6.08 Å². The van der Waals surface area contributed by atoms with Gasteiger partial charge in [-0.1, -0.05) is 49.1 Å². The van der Waals surface area contributed by atoms with Crippen LogP contribution in [0.4, 0.5) is 5.69 Å². The highest BCUT2D eigenvalue weighted by Crippen LogP contribution is 2.38. The number of nitrogens with zero attached hydrogens (tertiary/aromatic N) is 1. The third-order valence-electron chi connectivity index (χ3n) is 4.56. The molecule has 2 N–H and O–H groups in total. The maximum Gasteiger partial charge on any atom is 0.339 e. The average Bonchev–Trinajstić information content (AvgIpc) is 2.99. The van der Waals surface area contributed by atoms with E-state index in [0.29, 0.717) is 22.6 Å². The number of para-hydroxylation sites is 1. The van der Waals surface area contributed by atoms with E-state index in [1.165, 1.54) is 30.0 Å². The Morgan fingerprint density at radius 1 is 1.26 bits per heavy atom. The summed E-state index contributed by atoms with van der Waals surface area (Å²) in [6, 6.07) is 10.9. The average molecular weight is 458 g/mol. The van der Waals surface area contributed by atoms with Crippen LogP contribution < -0.4 is 9.64 Å². The number of carbonyl (C=O) groups excluding carboxylic acids is 2. The van der Waals surface area contributed by atoms with E-state index in [0.717, 1.165) is 11.8 Å². The molecule has 2 aromatic rings. The molecule has 1 saturated heterocycles. The van der Waals surface area contributed by atoms with Gasteiger partial charge in [0.25, 0.3) is 5.91 Å². The van der Waals surface area contributed by atoms with Crippen molar-refractivity contribution in [1.82, 2.24) is 0 Å². The molecule has 1 aliphatic heterocycles. The summed E-state index contributed by atoms with van der Waals surface area (Å²) in [7, 11) is 0. The van der Waals surface area contributed by atoms with Gasteiger partial charge in [0.15, 0.2) is 16.2 Å². The summed E-state index contributed by atoms with van der Waals surface area (Å²) < 4.78 is 6.08. The topological polar surface area (TPSA) is 104 Å². The first kappa shape index (κ1) is 22.5. The monoisotopic (exact) mass is 457 g/mol. The molecule has 160 valence electrons. The van der Waals surface area contributed by atoms with Gasteiger partial charge in [0.05, 0.1) is 10.6 Å². The highest BCUT2D eigenvalue weighted by Gasteiger charge is 2.34. The van der Waals surface area contributed by atoms with Crippen molar-refractivity contribution >= 4 is 57.7 Å². The Bertz CT molecular complexity index is 1110. The van der Waals surface area contributed by atoms with Crippen molar-refractivity contribution in [3.8, 4) is 11.5 Å². The molecule has 9 heteroatoms. The van der Waals surface area contributed by atoms with Gasteiger partial charge in [-0.3, -0.25) is 14.5 Å². The van der Waals surface area contributed by atoms with Crippen LogP contribution in [0.2, 0.25) is 0 Å². The lowest BCUT2D eigenvalue weighted by Crippen LogP contribution is -2.27. The van der Waals surface area contributed by atoms with Crippen molar-refractivity contribution in [3.63, 3.8) is 0 Å². The van der Waals surface area contributed by atoms with Crippen LogP contribution in [0.5, 0.6) is 11.5 Å². The number of aromatic hydroxyl groups is 1. The number of carbonyl (C=O) groups is 3. The van der Waals surface area contributed by atoms with E-state index in [-0.39, 0.29) is 21.4 Å². The quantitative estimate of drug-likeness (QED) is 0.470. The van der Waals surface area contributed by atoms with Crippen LogP contribution in [-0.2, 0) is 9.59 Å². The molecule has 1 aliphatic rings. The number of thiocarbonyl (C=S) groups is 1. The number of amides is 1. The number of phenols is 1. The fourth-order valence-corrected chi connectivity index (χ4v) is 4.28. The number of thioether (sulfide) groups is 1. The van der Waals surface area contributed by atoms with Crippen molar-refractivity contribution in [2.75, 3.05) is 4.90 Å². The van der Waals surface area contributed by atoms with Gasteiger partial charge in [0.2, 0.25) is 0 Å². The van der Waals surface area contributed by atoms with Gasteiger partial charge in [-0.15, -0.1) is 0 Å². The van der Waals surface area contributed by atoms with E-state index in [1.54, 1.807) is 30.3 Å². The van der Waals surface area contributed by atoms with Gasteiger partial charge in [0, 0.05) is 11.6 Å². The Labute approximate surface area is 188 Å². The zero-order chi connectivity index (χ0) is 22.7. The zero-order valence-electron chi connectivity index (χ0n) is 16.7. The lowest BCUT2D eigenvalue weighted by Gasteiger charge is -2.16. The SMILES string of the molecule is CCC(Oc1ccccc1/C=C1\SC(=S)N(c2ccc(C(=O)O)c(O)c2)C1=O)C(C)=O. The van der Waals surface area contributed by atoms with Crippen LogP contribution in [0, 0.1) is 0 Å². The van der Waals surface area contributed by atoms with Crippen LogP contribution in [0.15, 0.2) is 47.4 Å². The van der Waals surface area contributed by atoms with E-state index in [9.17, 15) is 19.5 Å². The number of rotatable bonds is 7. The molecule has 0 spiro atoms. The van der Waals surface area contributed by atoms with Crippen molar-refractivity contribution in [3.05, 3.63) is 58.5 Å². The molecule has 1 fully saturated rings. The smallest absolute Gasteiger partial charge is 0.339 e. The van der Waals surface area contributed by atoms with Gasteiger partial charge in [-0.2, -0.15) is 0 Å². The van der Waals surface area contributed by atoms with Gasteiger partial charge in [-0.05, 0) is 37.6 Å². The van der Waals surface area contributed by atoms with Crippen molar-refractivity contribution in [1.29, 1.82) is 0 Å². The summed E-state index contributed by atoms with van der Waals surface area (Å²) in [5.74, 6) is -1.77. The van der Waals surface area contributed by atoms with Gasteiger partial charge < -0.3 is 14.9 Å². The number of carboxylic acid groups (broad SMARTS) is 1. The molecule has 0 aliphatic carbocycles. The molecule has 1 heterocycles. The molecule has 3 rings (SSSR count). The number of benzene rings is 2. The maximum atomic E-state index is 13.0. The van der Waals surface area contributed by atoms with Crippen LogP contribution in [0.1, 0.15) is 36.2 Å². The number of anilines is 1. The summed E-state index contributed by atoms with van der Waals surface area (Å²) in [4.78, 5) is 37.4. The van der Waals surface area contributed by atoms with Gasteiger partial charge in [-0.25, -0.2) is 4.79 Å². The lowest BCUT2D eigenvalue weighted by molar-refractivity contribution is -0.123. The van der Waals surface area contributed by atoms with E-state index in [1.807, 2.05) is 6.92 Å². The van der Waals surface area contributed by atoms with Crippen molar-refractivity contribution in [2.24, 2.45) is 0 Å². The first-order valence-electron chi connectivity index (χ1n) is 9.33. The first-order valence-corrected chi connectivity index (χ1v) is 10.6. The summed E-state index contributed by atoms with van der Waals surface area (Å²) in [6.07, 6.45) is 1.56. The fourth-order valence-electron chi connectivity index (χ4n) is 2.99. The van der Waals surface area contributed by atoms with Gasteiger partial charge >= 0.3 is 5.97 Å². The van der Waals surface area contributed by atoms with E-state index in [4.69, 9.17) is 22.1 Å². The van der Waals surface area contributed by atoms with Crippen LogP contribution >= 0.6 is 24.0 Å². The normalized spacial score (nSPS) is 15.9. The Kier molecular flexibility index (Phi) is 6.77. The predicted molar refractivity (Wildman–Crippen MR) is 123 cm³/mol. The Hall–Kier alpha value is -3.17. The van der Waals surface area contributed by atoms with Gasteiger partial charge in [0.1, 0.15) is 17.1 Å². The Morgan fingerprint density at radius 3 is 2.58 bits per heavy atom. The summed E-state index contributed by atoms with van der Waals surface area (Å²) in [6.45, 7) is 3.32. The molecule has 1 unspecified atom stereocenters. The summed E-state index contributed by atoms with van der Waals surface area (Å²) in [5.41, 5.74) is 0.610. The second kappa shape index (κ2) is 9.32. The van der Waals surface area contributed by atoms with Crippen LogP contribution in [0.3, 0.4) is 0 Å². The minimum Gasteiger partial charge on any atom is -0.507 e. The predicted octanol–water partition coefficient (Wildman–Crippen LogP) is 4.24. The molecule has 1 amide bonds. The molecule has 0 aromatic heterocycles. The summed E-state index contributed by atoms with van der Waals surface area (Å²) >= 11 is 6.41. The molecule has 2 aromatic carbocycles. The second-order valence-corrected chi connectivity index (χ2v) is 8.36. The number of ketones is 1. The zero-order valence-corrected chi connectivity index (χ0v) is 18.3. The first-order chi connectivity index (χ1) is 14.7. The minimum absolute atomic E-state index is 0.0896. The largest absolute Gasteiger partial charge is 0.507 e. The molecule has 0 bridgehead atoms. The third kappa shape index (κ3) is 4.78. The fraction of sp³-hybridized carbons (Fsp3) is 0.182. The lowest BCUT2D eigenvalue weighted by atomic mass is 10.1. The third-order valence-corrected chi connectivity index (χ3v) is 5.86. The Balaban J connectivity index is 1.92. The number of Topliss-reactive ketones (excluding diaryl/α,β-unsaturated/α-hetero) is 1. The highest BCUT2D eigenvalue weighted by molar-refractivity contribution is 8.27. The minimum atomic E-state index is -1.28. The molecule has 1 atom stereocenters. The van der Waals surface area contributed by atoms with E-state index >= 15 is 0 Å². The number of ether oxygens (including phenoxy) is 1. The molecule has 0 saturated carbocycles.